The van der Waals surface area contributed by atoms with Gasteiger partial charge in [0, 0.05) is 44.3 Å². The van der Waals surface area contributed by atoms with Crippen molar-refractivity contribution in [2.24, 2.45) is 0 Å². The average Bonchev–Trinajstić information content (AvgIpc) is 3.33. The van der Waals surface area contributed by atoms with Crippen molar-refractivity contribution in [3.63, 3.8) is 0 Å². The van der Waals surface area contributed by atoms with Crippen molar-refractivity contribution in [1.82, 2.24) is 9.47 Å². The molecule has 0 spiro atoms. The van der Waals surface area contributed by atoms with E-state index in [1.54, 1.807) is 19.2 Å². The molecule has 2 aromatic carbocycles. The third kappa shape index (κ3) is 4.48. The van der Waals surface area contributed by atoms with Crippen molar-refractivity contribution in [2.75, 3.05) is 38.2 Å². The zero-order chi connectivity index (χ0) is 20.9. The minimum atomic E-state index is -0.234. The summed E-state index contributed by atoms with van der Waals surface area (Å²) in [5.41, 5.74) is 2.07. The number of hydrogen-bond acceptors (Lipinski definition) is 3. The van der Waals surface area contributed by atoms with Gasteiger partial charge in [0.25, 0.3) is 0 Å². The van der Waals surface area contributed by atoms with E-state index in [-0.39, 0.29) is 17.8 Å². The predicted molar refractivity (Wildman–Crippen MR) is 115 cm³/mol. The van der Waals surface area contributed by atoms with Gasteiger partial charge in [0.1, 0.15) is 11.6 Å². The summed E-state index contributed by atoms with van der Waals surface area (Å²) in [5, 5.41) is 0. The van der Waals surface area contributed by atoms with Gasteiger partial charge in [0.15, 0.2) is 0 Å². The first-order valence-electron chi connectivity index (χ1n) is 10.2. The lowest BCUT2D eigenvalue weighted by molar-refractivity contribution is -0.132. The molecule has 0 N–H and O–H groups in total. The first kappa shape index (κ1) is 20.0. The highest BCUT2D eigenvalue weighted by Gasteiger charge is 2.25. The quantitative estimate of drug-likeness (QED) is 0.621. The lowest BCUT2D eigenvalue weighted by atomic mass is 10.0. The second-order valence-corrected chi connectivity index (χ2v) is 7.47. The van der Waals surface area contributed by atoms with Crippen LogP contribution in [-0.2, 0) is 4.79 Å². The normalized spacial score (nSPS) is 15.1. The van der Waals surface area contributed by atoms with Gasteiger partial charge in [-0.25, -0.2) is 4.39 Å². The highest BCUT2D eigenvalue weighted by atomic mass is 19.1. The van der Waals surface area contributed by atoms with Crippen molar-refractivity contribution in [2.45, 2.75) is 12.5 Å². The summed E-state index contributed by atoms with van der Waals surface area (Å²) >= 11 is 0. The number of aromatic nitrogens is 1. The molecule has 0 saturated carbocycles. The number of ether oxygens (including phenoxy) is 1. The van der Waals surface area contributed by atoms with E-state index in [4.69, 9.17) is 4.74 Å². The van der Waals surface area contributed by atoms with Crippen molar-refractivity contribution >= 4 is 11.6 Å². The average molecular weight is 407 g/mol. The predicted octanol–water partition coefficient (Wildman–Crippen LogP) is 3.96. The topological polar surface area (TPSA) is 37.7 Å². The Bertz CT molecular complexity index is 947. The van der Waals surface area contributed by atoms with Gasteiger partial charge in [-0.3, -0.25) is 4.79 Å². The van der Waals surface area contributed by atoms with Gasteiger partial charge in [-0.05, 0) is 54.1 Å². The van der Waals surface area contributed by atoms with Crippen LogP contribution in [0.2, 0.25) is 0 Å². The number of carbonyl (C=O) groups excluding carboxylic acids is 1. The number of benzene rings is 2. The van der Waals surface area contributed by atoms with E-state index in [0.717, 1.165) is 30.1 Å². The minimum Gasteiger partial charge on any atom is -0.497 e. The number of hydrogen-bond donors (Lipinski definition) is 0. The maximum atomic E-state index is 13.2. The van der Waals surface area contributed by atoms with Crippen LogP contribution in [0.15, 0.2) is 73.1 Å². The summed E-state index contributed by atoms with van der Waals surface area (Å²) in [6.07, 6.45) is 4.39. The van der Waals surface area contributed by atoms with Crippen LogP contribution in [0.5, 0.6) is 5.75 Å². The molecule has 1 aliphatic heterocycles. The molecular weight excluding hydrogens is 381 g/mol. The maximum absolute atomic E-state index is 13.2. The van der Waals surface area contributed by atoms with Crippen molar-refractivity contribution in [3.8, 4) is 5.75 Å². The Balaban J connectivity index is 1.42. The third-order valence-corrected chi connectivity index (χ3v) is 5.68. The lowest BCUT2D eigenvalue weighted by Gasteiger charge is -2.36. The monoisotopic (exact) mass is 407 g/mol. The zero-order valence-corrected chi connectivity index (χ0v) is 17.1. The molecule has 1 atom stereocenters. The molecule has 1 saturated heterocycles. The molecule has 6 heteroatoms. The number of rotatable bonds is 6. The number of nitrogens with zero attached hydrogens (tertiary/aromatic N) is 3. The van der Waals surface area contributed by atoms with Gasteiger partial charge in [-0.1, -0.05) is 12.1 Å². The molecule has 0 unspecified atom stereocenters. The Hall–Kier alpha value is -3.28. The smallest absolute Gasteiger partial charge is 0.225 e. The first-order valence-corrected chi connectivity index (χ1v) is 10.2. The van der Waals surface area contributed by atoms with Crippen LogP contribution in [0.25, 0.3) is 0 Å². The fourth-order valence-corrected chi connectivity index (χ4v) is 3.94. The number of piperazine rings is 1. The number of amides is 1. The van der Waals surface area contributed by atoms with Crippen molar-refractivity contribution < 1.29 is 13.9 Å². The molecule has 2 heterocycles. The van der Waals surface area contributed by atoms with E-state index >= 15 is 0 Å². The molecule has 0 aliphatic carbocycles. The number of halogens is 1. The fourth-order valence-electron chi connectivity index (χ4n) is 3.94. The number of methoxy groups -OCH3 is 1. The molecule has 1 fully saturated rings. The van der Waals surface area contributed by atoms with E-state index in [1.165, 1.54) is 12.1 Å². The van der Waals surface area contributed by atoms with Gasteiger partial charge in [-0.15, -0.1) is 0 Å². The van der Waals surface area contributed by atoms with E-state index in [1.807, 2.05) is 53.7 Å². The Morgan fingerprint density at radius 1 is 0.967 bits per heavy atom. The van der Waals surface area contributed by atoms with Gasteiger partial charge in [0.05, 0.1) is 19.6 Å². The molecular formula is C24H26FN3O2. The largest absolute Gasteiger partial charge is 0.497 e. The molecule has 3 aromatic rings. The van der Waals surface area contributed by atoms with Crippen molar-refractivity contribution in [1.29, 1.82) is 0 Å². The van der Waals surface area contributed by atoms with E-state index < -0.39 is 0 Å². The van der Waals surface area contributed by atoms with Crippen LogP contribution in [0.4, 0.5) is 10.1 Å². The number of carbonyl (C=O) groups is 1. The lowest BCUT2D eigenvalue weighted by Crippen LogP contribution is -2.49. The van der Waals surface area contributed by atoms with Gasteiger partial charge in [0.2, 0.25) is 5.91 Å². The summed E-state index contributed by atoms with van der Waals surface area (Å²) < 4.78 is 20.5. The second kappa shape index (κ2) is 9.03. The van der Waals surface area contributed by atoms with Crippen LogP contribution in [0.3, 0.4) is 0 Å². The summed E-state index contributed by atoms with van der Waals surface area (Å²) in [7, 11) is 1.65. The molecule has 0 bridgehead atoms. The Labute approximate surface area is 176 Å². The molecule has 0 radical (unpaired) electrons. The van der Waals surface area contributed by atoms with E-state index in [0.29, 0.717) is 19.5 Å². The van der Waals surface area contributed by atoms with E-state index in [2.05, 4.69) is 9.47 Å². The van der Waals surface area contributed by atoms with Crippen LogP contribution in [0.1, 0.15) is 18.0 Å². The Morgan fingerprint density at radius 2 is 1.60 bits per heavy atom. The maximum Gasteiger partial charge on any atom is 0.225 e. The summed E-state index contributed by atoms with van der Waals surface area (Å²) in [5.74, 6) is 0.707. The van der Waals surface area contributed by atoms with Gasteiger partial charge >= 0.3 is 0 Å². The fraction of sp³-hybridized carbons (Fsp3) is 0.292. The highest BCUT2D eigenvalue weighted by molar-refractivity contribution is 5.77. The Morgan fingerprint density at radius 3 is 2.20 bits per heavy atom. The van der Waals surface area contributed by atoms with Crippen LogP contribution < -0.4 is 9.64 Å². The summed E-state index contributed by atoms with van der Waals surface area (Å²) in [6.45, 7) is 2.82. The van der Waals surface area contributed by atoms with Crippen LogP contribution in [0, 0.1) is 5.82 Å². The molecule has 156 valence electrons. The van der Waals surface area contributed by atoms with Crippen molar-refractivity contribution in [3.05, 3.63) is 84.4 Å². The van der Waals surface area contributed by atoms with Crippen LogP contribution >= 0.6 is 0 Å². The molecule has 4 rings (SSSR count). The van der Waals surface area contributed by atoms with Gasteiger partial charge in [-0.2, -0.15) is 0 Å². The summed E-state index contributed by atoms with van der Waals surface area (Å²) in [4.78, 5) is 17.2. The SMILES string of the molecule is COc1ccc([C@@H](CC(=O)N2CCN(c3ccc(F)cc3)CC2)n2cccc2)cc1. The Kier molecular flexibility index (Phi) is 6.02. The standard InChI is InChI=1S/C24H26FN3O2/c1-30-22-10-4-19(5-11-22)23(27-12-2-3-13-27)18-24(29)28-16-14-26(15-17-28)21-8-6-20(25)7-9-21/h2-13,23H,14-18H2,1H3/t23-/m1/s1. The zero-order valence-electron chi connectivity index (χ0n) is 17.1. The van der Waals surface area contributed by atoms with E-state index in [9.17, 15) is 9.18 Å². The highest BCUT2D eigenvalue weighted by Crippen LogP contribution is 2.26. The first-order chi connectivity index (χ1) is 14.6. The summed E-state index contributed by atoms with van der Waals surface area (Å²) in [6, 6.07) is 18.3. The molecule has 1 amide bonds. The molecule has 1 aliphatic rings. The molecule has 5 nitrogen and oxygen atoms in total. The third-order valence-electron chi connectivity index (χ3n) is 5.68. The van der Waals surface area contributed by atoms with Crippen LogP contribution in [-0.4, -0.2) is 48.7 Å². The minimum absolute atomic E-state index is 0.0615. The molecule has 30 heavy (non-hydrogen) atoms. The van der Waals surface area contributed by atoms with Gasteiger partial charge < -0.3 is 19.1 Å². The second-order valence-electron chi connectivity index (χ2n) is 7.47. The molecule has 1 aromatic heterocycles. The number of anilines is 1.